The van der Waals surface area contributed by atoms with Crippen molar-refractivity contribution >= 4 is 11.8 Å². The average molecular weight is 385 g/mol. The number of likely N-dealkylation sites (N-methyl/N-ethyl adjacent to an activating group) is 1. The van der Waals surface area contributed by atoms with E-state index >= 15 is 0 Å². The number of piperazine rings is 1. The zero-order valence-corrected chi connectivity index (χ0v) is 16.5. The van der Waals surface area contributed by atoms with Crippen molar-refractivity contribution in [3.05, 3.63) is 30.0 Å². The molecular formula is C19H27N7O2. The van der Waals surface area contributed by atoms with E-state index in [-0.39, 0.29) is 0 Å². The zero-order valence-electron chi connectivity index (χ0n) is 16.5. The zero-order chi connectivity index (χ0) is 19.3. The molecule has 0 bridgehead atoms. The molecule has 1 N–H and O–H groups in total. The summed E-state index contributed by atoms with van der Waals surface area (Å²) in [6, 6.07) is 6.17. The van der Waals surface area contributed by atoms with E-state index in [2.05, 4.69) is 47.3 Å². The SMILES string of the molecule is CN(C)CCNc1cnnc(N2CCN(Cc3ccc4c(c3)OCO4)CC2)n1. The summed E-state index contributed by atoms with van der Waals surface area (Å²) < 4.78 is 10.9. The summed E-state index contributed by atoms with van der Waals surface area (Å²) in [6.45, 7) is 6.66. The summed E-state index contributed by atoms with van der Waals surface area (Å²) in [5, 5.41) is 11.6. The maximum absolute atomic E-state index is 5.47. The molecule has 0 unspecified atom stereocenters. The average Bonchev–Trinajstić information content (AvgIpc) is 3.16. The second kappa shape index (κ2) is 8.57. The van der Waals surface area contributed by atoms with Crippen molar-refractivity contribution in [2.75, 3.05) is 70.4 Å². The molecule has 1 aromatic carbocycles. The first-order chi connectivity index (χ1) is 13.7. The minimum absolute atomic E-state index is 0.314. The van der Waals surface area contributed by atoms with Crippen LogP contribution in [0, 0.1) is 0 Å². The molecule has 2 aliphatic rings. The topological polar surface area (TPSA) is 78.9 Å². The summed E-state index contributed by atoms with van der Waals surface area (Å²) in [4.78, 5) is 11.4. The molecule has 0 saturated carbocycles. The highest BCUT2D eigenvalue weighted by Gasteiger charge is 2.21. The van der Waals surface area contributed by atoms with Crippen LogP contribution in [0.3, 0.4) is 0 Å². The van der Waals surface area contributed by atoms with Crippen LogP contribution in [0.1, 0.15) is 5.56 Å². The summed E-state index contributed by atoms with van der Waals surface area (Å²) in [7, 11) is 4.10. The number of rotatable bonds is 7. The van der Waals surface area contributed by atoms with Gasteiger partial charge in [-0.15, -0.1) is 5.10 Å². The molecule has 0 atom stereocenters. The number of benzene rings is 1. The molecule has 0 amide bonds. The van der Waals surface area contributed by atoms with Gasteiger partial charge in [0.25, 0.3) is 0 Å². The lowest BCUT2D eigenvalue weighted by molar-refractivity contribution is 0.174. The Labute approximate surface area is 165 Å². The van der Waals surface area contributed by atoms with Gasteiger partial charge in [-0.1, -0.05) is 6.07 Å². The van der Waals surface area contributed by atoms with E-state index in [0.29, 0.717) is 12.7 Å². The Balaban J connectivity index is 1.29. The predicted molar refractivity (Wildman–Crippen MR) is 107 cm³/mol. The monoisotopic (exact) mass is 385 g/mol. The molecule has 9 nitrogen and oxygen atoms in total. The third kappa shape index (κ3) is 4.60. The second-order valence-corrected chi connectivity index (χ2v) is 7.32. The highest BCUT2D eigenvalue weighted by atomic mass is 16.7. The van der Waals surface area contributed by atoms with Gasteiger partial charge < -0.3 is 24.6 Å². The third-order valence-corrected chi connectivity index (χ3v) is 4.91. The molecule has 0 aliphatic carbocycles. The summed E-state index contributed by atoms with van der Waals surface area (Å²) in [5.74, 6) is 3.14. The molecule has 9 heteroatoms. The molecule has 0 spiro atoms. The number of fused-ring (bicyclic) bond motifs is 1. The van der Waals surface area contributed by atoms with E-state index in [0.717, 1.165) is 63.1 Å². The van der Waals surface area contributed by atoms with Crippen molar-refractivity contribution in [2.24, 2.45) is 0 Å². The number of nitrogens with zero attached hydrogens (tertiary/aromatic N) is 6. The van der Waals surface area contributed by atoms with Gasteiger partial charge in [0.15, 0.2) is 17.3 Å². The van der Waals surface area contributed by atoms with Gasteiger partial charge in [-0.25, -0.2) is 0 Å². The third-order valence-electron chi connectivity index (χ3n) is 4.91. The van der Waals surface area contributed by atoms with E-state index in [1.54, 1.807) is 6.20 Å². The van der Waals surface area contributed by atoms with Crippen LogP contribution >= 0.6 is 0 Å². The normalized spacial score (nSPS) is 16.6. The van der Waals surface area contributed by atoms with E-state index in [1.165, 1.54) is 5.56 Å². The number of aromatic nitrogens is 3. The first-order valence-electron chi connectivity index (χ1n) is 9.61. The highest BCUT2D eigenvalue weighted by Crippen LogP contribution is 2.32. The Kier molecular flexibility index (Phi) is 5.73. The minimum atomic E-state index is 0.314. The van der Waals surface area contributed by atoms with Crippen LogP contribution < -0.4 is 19.7 Å². The number of hydrogen-bond donors (Lipinski definition) is 1. The Hall–Kier alpha value is -2.65. The Bertz CT molecular complexity index is 794. The minimum Gasteiger partial charge on any atom is -0.454 e. The molecular weight excluding hydrogens is 358 g/mol. The number of hydrogen-bond acceptors (Lipinski definition) is 9. The van der Waals surface area contributed by atoms with Gasteiger partial charge in [-0.05, 0) is 31.8 Å². The van der Waals surface area contributed by atoms with Crippen LogP contribution in [0.25, 0.3) is 0 Å². The first kappa shape index (κ1) is 18.7. The number of nitrogens with one attached hydrogen (secondary N) is 1. The van der Waals surface area contributed by atoms with Crippen LogP contribution in [-0.2, 0) is 6.54 Å². The quantitative estimate of drug-likeness (QED) is 0.748. The van der Waals surface area contributed by atoms with Crippen molar-refractivity contribution in [2.45, 2.75) is 6.54 Å². The number of anilines is 2. The molecule has 150 valence electrons. The van der Waals surface area contributed by atoms with Gasteiger partial charge in [0.1, 0.15) is 0 Å². The number of ether oxygens (including phenoxy) is 2. The summed E-state index contributed by atoms with van der Waals surface area (Å²) in [5.41, 5.74) is 1.24. The standard InChI is InChI=1S/C19H27N7O2/c1-24(2)6-5-20-18-12-21-23-19(22-18)26-9-7-25(8-10-26)13-15-3-4-16-17(11-15)28-14-27-16/h3-4,11-12H,5-10,13-14H2,1-2H3,(H,20,22,23). The van der Waals surface area contributed by atoms with Gasteiger partial charge in [0.2, 0.25) is 12.7 Å². The molecule has 28 heavy (non-hydrogen) atoms. The van der Waals surface area contributed by atoms with Gasteiger partial charge in [0, 0.05) is 45.8 Å². The van der Waals surface area contributed by atoms with E-state index in [1.807, 2.05) is 20.2 Å². The Morgan fingerprint density at radius 3 is 2.75 bits per heavy atom. The van der Waals surface area contributed by atoms with Gasteiger partial charge in [-0.2, -0.15) is 10.1 Å². The molecule has 2 aromatic rings. The van der Waals surface area contributed by atoms with Crippen molar-refractivity contribution in [1.29, 1.82) is 0 Å². The Morgan fingerprint density at radius 2 is 1.93 bits per heavy atom. The smallest absolute Gasteiger partial charge is 0.247 e. The molecule has 1 saturated heterocycles. The van der Waals surface area contributed by atoms with Crippen LogP contribution in [-0.4, -0.2) is 85.1 Å². The highest BCUT2D eigenvalue weighted by molar-refractivity contribution is 5.44. The van der Waals surface area contributed by atoms with Crippen molar-refractivity contribution in [3.63, 3.8) is 0 Å². The van der Waals surface area contributed by atoms with Crippen molar-refractivity contribution in [1.82, 2.24) is 25.0 Å². The summed E-state index contributed by atoms with van der Waals surface area (Å²) >= 11 is 0. The molecule has 0 radical (unpaired) electrons. The Morgan fingerprint density at radius 1 is 1.11 bits per heavy atom. The van der Waals surface area contributed by atoms with Crippen LogP contribution in [0.2, 0.25) is 0 Å². The summed E-state index contributed by atoms with van der Waals surface area (Å²) in [6.07, 6.45) is 1.68. The van der Waals surface area contributed by atoms with E-state index < -0.39 is 0 Å². The van der Waals surface area contributed by atoms with Crippen LogP contribution in [0.15, 0.2) is 24.4 Å². The first-order valence-corrected chi connectivity index (χ1v) is 9.61. The fraction of sp³-hybridized carbons (Fsp3) is 0.526. The maximum Gasteiger partial charge on any atom is 0.247 e. The second-order valence-electron chi connectivity index (χ2n) is 7.32. The largest absolute Gasteiger partial charge is 0.454 e. The van der Waals surface area contributed by atoms with E-state index in [4.69, 9.17) is 9.47 Å². The fourth-order valence-electron chi connectivity index (χ4n) is 3.32. The van der Waals surface area contributed by atoms with Gasteiger partial charge >= 0.3 is 0 Å². The molecule has 1 fully saturated rings. The maximum atomic E-state index is 5.47. The van der Waals surface area contributed by atoms with Crippen molar-refractivity contribution in [3.8, 4) is 11.5 Å². The van der Waals surface area contributed by atoms with Crippen LogP contribution in [0.4, 0.5) is 11.8 Å². The lowest BCUT2D eigenvalue weighted by Gasteiger charge is -2.34. The molecule has 2 aliphatic heterocycles. The lowest BCUT2D eigenvalue weighted by Crippen LogP contribution is -2.46. The van der Waals surface area contributed by atoms with Gasteiger partial charge in [-0.3, -0.25) is 4.90 Å². The molecule has 4 rings (SSSR count). The van der Waals surface area contributed by atoms with Gasteiger partial charge in [0.05, 0.1) is 6.20 Å². The molecule has 3 heterocycles. The van der Waals surface area contributed by atoms with Crippen molar-refractivity contribution < 1.29 is 9.47 Å². The van der Waals surface area contributed by atoms with E-state index in [9.17, 15) is 0 Å². The predicted octanol–water partition coefficient (Wildman–Crippen LogP) is 0.896. The molecule has 1 aromatic heterocycles. The fourth-order valence-corrected chi connectivity index (χ4v) is 3.32. The lowest BCUT2D eigenvalue weighted by atomic mass is 10.1. The van der Waals surface area contributed by atoms with Crippen LogP contribution in [0.5, 0.6) is 11.5 Å².